The summed E-state index contributed by atoms with van der Waals surface area (Å²) in [6.45, 7) is 4.91. The molecule has 0 rings (SSSR count). The second-order valence-electron chi connectivity index (χ2n) is 20.6. The molecule has 0 amide bonds. The number of hydrogen-bond acceptors (Lipinski definition) is 7. The van der Waals surface area contributed by atoms with Crippen molar-refractivity contribution in [2.45, 2.75) is 283 Å². The molecule has 9 nitrogen and oxygen atoms in total. The van der Waals surface area contributed by atoms with Crippen molar-refractivity contribution in [3.8, 4) is 0 Å². The second-order valence-corrected chi connectivity index (χ2v) is 20.6. The summed E-state index contributed by atoms with van der Waals surface area (Å²) in [7, 11) is 5.97. The van der Waals surface area contributed by atoms with Crippen molar-refractivity contribution < 1.29 is 42.9 Å². The van der Waals surface area contributed by atoms with Crippen LogP contribution in [0.4, 0.5) is 0 Å². The maximum atomic E-state index is 12.9. The van der Waals surface area contributed by atoms with E-state index in [4.69, 9.17) is 18.9 Å². The highest BCUT2D eigenvalue weighted by molar-refractivity contribution is 5.71. The molecule has 0 saturated carbocycles. The Morgan fingerprint density at radius 3 is 1.18 bits per heavy atom. The van der Waals surface area contributed by atoms with E-state index in [1.54, 1.807) is 0 Å². The zero-order chi connectivity index (χ0) is 49.2. The monoisotopic (exact) mass is 949 g/mol. The number of carboxylic acid groups (broad SMARTS) is 1. The standard InChI is InChI=1S/C58H109NO8/c1-6-8-10-12-14-16-18-20-22-24-26-27-28-29-31-33-35-37-39-41-43-45-47-49-56(61)67-54(53-66-58(57(62)63)64-51-50-59(3,4)5)52-65-55(60)48-46-44-42-40-38-36-34-32-30-25-23-21-19-17-15-13-11-9-7-2/h18,20,24,26,54,58H,6-17,19,21-23,25,27-53H2,1-5H3/p+1/b20-18-,26-24-. The summed E-state index contributed by atoms with van der Waals surface area (Å²) in [5.74, 6) is -1.99. The van der Waals surface area contributed by atoms with E-state index in [1.807, 2.05) is 21.1 Å². The van der Waals surface area contributed by atoms with Gasteiger partial charge in [-0.25, -0.2) is 4.79 Å². The molecule has 0 aromatic rings. The van der Waals surface area contributed by atoms with E-state index in [1.165, 1.54) is 199 Å². The highest BCUT2D eigenvalue weighted by Gasteiger charge is 2.25. The van der Waals surface area contributed by atoms with Gasteiger partial charge in [0.1, 0.15) is 13.2 Å². The summed E-state index contributed by atoms with van der Waals surface area (Å²) in [5.41, 5.74) is 0. The Morgan fingerprint density at radius 1 is 0.448 bits per heavy atom. The van der Waals surface area contributed by atoms with Gasteiger partial charge in [-0.05, 0) is 44.9 Å². The van der Waals surface area contributed by atoms with Gasteiger partial charge < -0.3 is 28.5 Å². The lowest BCUT2D eigenvalue weighted by Gasteiger charge is -2.25. The molecule has 0 aromatic heterocycles. The van der Waals surface area contributed by atoms with Crippen LogP contribution in [0.5, 0.6) is 0 Å². The van der Waals surface area contributed by atoms with E-state index >= 15 is 0 Å². The van der Waals surface area contributed by atoms with Crippen LogP contribution >= 0.6 is 0 Å². The first-order chi connectivity index (χ1) is 32.6. The average Bonchev–Trinajstić information content (AvgIpc) is 3.29. The Labute approximate surface area is 414 Å². The normalized spacial score (nSPS) is 12.9. The largest absolute Gasteiger partial charge is 0.477 e. The number of hydrogen-bond donors (Lipinski definition) is 1. The first-order valence-corrected chi connectivity index (χ1v) is 28.5. The summed E-state index contributed by atoms with van der Waals surface area (Å²) in [6.07, 6.45) is 55.3. The van der Waals surface area contributed by atoms with Crippen molar-refractivity contribution in [1.82, 2.24) is 0 Å². The van der Waals surface area contributed by atoms with Crippen LogP contribution in [0.1, 0.15) is 271 Å². The van der Waals surface area contributed by atoms with Crippen molar-refractivity contribution in [3.63, 3.8) is 0 Å². The molecule has 0 fully saturated rings. The zero-order valence-corrected chi connectivity index (χ0v) is 44.8. The lowest BCUT2D eigenvalue weighted by atomic mass is 10.0. The van der Waals surface area contributed by atoms with E-state index in [-0.39, 0.29) is 32.2 Å². The molecule has 2 unspecified atom stereocenters. The molecule has 0 aliphatic rings. The Hall–Kier alpha value is -2.23. The number of likely N-dealkylation sites (N-methyl/N-ethyl adjacent to an activating group) is 1. The quantitative estimate of drug-likeness (QED) is 0.0211. The van der Waals surface area contributed by atoms with Gasteiger partial charge in [0.25, 0.3) is 6.29 Å². The van der Waals surface area contributed by atoms with Gasteiger partial charge in [-0.15, -0.1) is 0 Å². The Morgan fingerprint density at radius 2 is 0.806 bits per heavy atom. The first-order valence-electron chi connectivity index (χ1n) is 28.5. The van der Waals surface area contributed by atoms with Crippen LogP contribution in [0, 0.1) is 0 Å². The molecule has 394 valence electrons. The number of allylic oxidation sites excluding steroid dienone is 4. The molecule has 0 radical (unpaired) electrons. The summed E-state index contributed by atoms with van der Waals surface area (Å²) in [4.78, 5) is 37.4. The smallest absolute Gasteiger partial charge is 0.361 e. The van der Waals surface area contributed by atoms with Gasteiger partial charge in [0.2, 0.25) is 0 Å². The summed E-state index contributed by atoms with van der Waals surface area (Å²) >= 11 is 0. The second kappa shape index (κ2) is 50.2. The fourth-order valence-corrected chi connectivity index (χ4v) is 8.28. The van der Waals surface area contributed by atoms with Gasteiger partial charge in [-0.1, -0.05) is 237 Å². The van der Waals surface area contributed by atoms with E-state index in [0.717, 1.165) is 44.9 Å². The molecule has 67 heavy (non-hydrogen) atoms. The summed E-state index contributed by atoms with van der Waals surface area (Å²) in [5, 5.41) is 9.69. The number of aliphatic carboxylic acids is 1. The van der Waals surface area contributed by atoms with Gasteiger partial charge >= 0.3 is 17.9 Å². The van der Waals surface area contributed by atoms with Gasteiger partial charge in [0.05, 0.1) is 34.4 Å². The number of esters is 2. The Balaban J connectivity index is 4.24. The van der Waals surface area contributed by atoms with E-state index in [2.05, 4.69) is 38.2 Å². The maximum absolute atomic E-state index is 12.9. The van der Waals surface area contributed by atoms with Crippen LogP contribution in [0.3, 0.4) is 0 Å². The molecule has 9 heteroatoms. The number of nitrogens with zero attached hydrogens (tertiary/aromatic N) is 1. The predicted octanol–water partition coefficient (Wildman–Crippen LogP) is 16.3. The lowest BCUT2D eigenvalue weighted by molar-refractivity contribution is -0.870. The third-order valence-corrected chi connectivity index (χ3v) is 12.7. The van der Waals surface area contributed by atoms with E-state index in [0.29, 0.717) is 17.4 Å². The molecule has 0 heterocycles. The molecule has 2 atom stereocenters. The molecular formula is C58H110NO8+. The van der Waals surface area contributed by atoms with E-state index < -0.39 is 24.3 Å². The molecule has 0 aliphatic heterocycles. The number of unbranched alkanes of at least 4 members (excludes halogenated alkanes) is 34. The average molecular weight is 950 g/mol. The zero-order valence-electron chi connectivity index (χ0n) is 44.8. The predicted molar refractivity (Wildman–Crippen MR) is 281 cm³/mol. The Kier molecular flexibility index (Phi) is 48.5. The van der Waals surface area contributed by atoms with Crippen LogP contribution < -0.4 is 0 Å². The minimum Gasteiger partial charge on any atom is -0.477 e. The molecule has 0 bridgehead atoms. The van der Waals surface area contributed by atoms with Crippen LogP contribution in [-0.4, -0.2) is 87.4 Å². The lowest BCUT2D eigenvalue weighted by Crippen LogP contribution is -2.40. The van der Waals surface area contributed by atoms with Gasteiger partial charge in [-0.3, -0.25) is 9.59 Å². The minimum atomic E-state index is -1.51. The first kappa shape index (κ1) is 64.8. The topological polar surface area (TPSA) is 108 Å². The number of rotatable bonds is 53. The molecule has 0 aromatic carbocycles. The van der Waals surface area contributed by atoms with Gasteiger partial charge in [0.15, 0.2) is 6.10 Å². The van der Waals surface area contributed by atoms with Crippen LogP contribution in [-0.2, 0) is 33.3 Å². The summed E-state index contributed by atoms with van der Waals surface area (Å²) in [6, 6.07) is 0. The number of carboxylic acids is 1. The van der Waals surface area contributed by atoms with E-state index in [9.17, 15) is 19.5 Å². The summed E-state index contributed by atoms with van der Waals surface area (Å²) < 4.78 is 22.9. The number of quaternary nitrogens is 1. The van der Waals surface area contributed by atoms with Crippen molar-refractivity contribution in [2.24, 2.45) is 0 Å². The molecule has 0 aliphatic carbocycles. The maximum Gasteiger partial charge on any atom is 0.361 e. The third-order valence-electron chi connectivity index (χ3n) is 12.7. The van der Waals surface area contributed by atoms with Crippen molar-refractivity contribution in [1.29, 1.82) is 0 Å². The number of carbonyl (C=O) groups excluding carboxylic acids is 2. The van der Waals surface area contributed by atoms with Crippen molar-refractivity contribution in [3.05, 3.63) is 24.3 Å². The van der Waals surface area contributed by atoms with Crippen molar-refractivity contribution >= 4 is 17.9 Å². The van der Waals surface area contributed by atoms with Crippen LogP contribution in [0.25, 0.3) is 0 Å². The molecular weight excluding hydrogens is 839 g/mol. The van der Waals surface area contributed by atoms with Gasteiger partial charge in [-0.2, -0.15) is 0 Å². The number of carbonyl (C=O) groups is 3. The number of ether oxygens (including phenoxy) is 4. The SMILES string of the molecule is CCCCCCC/C=C\C/C=C\CCCCCCCCCCCCCC(=O)OC(COC(=O)CCCCCCCCCCCCCCCCCCCCC)COC(OCC[N+](C)(C)C)C(=O)O. The minimum absolute atomic E-state index is 0.177. The molecule has 1 N–H and O–H groups in total. The van der Waals surface area contributed by atoms with Gasteiger partial charge in [0, 0.05) is 12.8 Å². The Bertz CT molecular complexity index is 1150. The third kappa shape index (κ3) is 51.4. The highest BCUT2D eigenvalue weighted by atomic mass is 16.7. The molecule has 0 spiro atoms. The van der Waals surface area contributed by atoms with Crippen LogP contribution in [0.15, 0.2) is 24.3 Å². The molecule has 0 saturated heterocycles. The van der Waals surface area contributed by atoms with Crippen molar-refractivity contribution in [2.75, 3.05) is 47.5 Å². The fraction of sp³-hybridized carbons (Fsp3) is 0.879. The highest BCUT2D eigenvalue weighted by Crippen LogP contribution is 2.17. The van der Waals surface area contributed by atoms with Crippen LogP contribution in [0.2, 0.25) is 0 Å². The fourth-order valence-electron chi connectivity index (χ4n) is 8.28.